The molecule has 0 atom stereocenters. The molecule has 6 heteroatoms. The van der Waals surface area contributed by atoms with E-state index >= 15 is 0 Å². The molecule has 4 nitrogen and oxygen atoms in total. The highest BCUT2D eigenvalue weighted by Gasteiger charge is 2.31. The van der Waals surface area contributed by atoms with Crippen LogP contribution in [0.15, 0.2) is 91.0 Å². The molecular formula is C25H28O4P2. The minimum Gasteiger partial charge on any atom is -0.309 e. The van der Waals surface area contributed by atoms with Crippen molar-refractivity contribution in [2.45, 2.75) is 13.8 Å². The summed E-state index contributed by atoms with van der Waals surface area (Å²) >= 11 is 0. The van der Waals surface area contributed by atoms with Crippen LogP contribution in [0.2, 0.25) is 0 Å². The standard InChI is InChI=1S/C25H28O4P2/c1-3-28-31(27,29-4-2)21-22(26)20-30(23-14-8-5-9-15-23,24-16-10-6-11-17-24)25-18-12-7-13-19-25/h5-20H,3-4,21H2,1-2H3. The maximum Gasteiger partial charge on any atom is 0.338 e. The number of benzene rings is 3. The van der Waals surface area contributed by atoms with Gasteiger partial charge in [-0.1, -0.05) is 91.0 Å². The van der Waals surface area contributed by atoms with Crippen LogP contribution in [0.4, 0.5) is 0 Å². The Morgan fingerprint density at radius 1 is 0.710 bits per heavy atom. The van der Waals surface area contributed by atoms with E-state index in [-0.39, 0.29) is 25.2 Å². The smallest absolute Gasteiger partial charge is 0.309 e. The monoisotopic (exact) mass is 454 g/mol. The Morgan fingerprint density at radius 3 is 1.39 bits per heavy atom. The zero-order valence-corrected chi connectivity index (χ0v) is 19.7. The molecule has 0 amide bonds. The SMILES string of the molecule is CCOP(=O)(CC(=O)C=P(c1ccccc1)(c1ccccc1)c1ccccc1)OCC. The lowest BCUT2D eigenvalue weighted by Crippen LogP contribution is -2.29. The maximum atomic E-state index is 13.4. The zero-order chi connectivity index (χ0) is 22.2. The van der Waals surface area contributed by atoms with Crippen molar-refractivity contribution in [1.29, 1.82) is 0 Å². The van der Waals surface area contributed by atoms with Gasteiger partial charge >= 0.3 is 7.60 Å². The highest BCUT2D eigenvalue weighted by atomic mass is 31.2. The summed E-state index contributed by atoms with van der Waals surface area (Å²) in [6.07, 6.45) is -0.275. The van der Waals surface area contributed by atoms with Crippen molar-refractivity contribution < 1.29 is 18.4 Å². The lowest BCUT2D eigenvalue weighted by Gasteiger charge is -2.28. The molecule has 0 unspecified atom stereocenters. The van der Waals surface area contributed by atoms with E-state index in [4.69, 9.17) is 9.05 Å². The van der Waals surface area contributed by atoms with Crippen molar-refractivity contribution in [2.24, 2.45) is 0 Å². The minimum atomic E-state index is -3.50. The number of hydrogen-bond acceptors (Lipinski definition) is 4. The van der Waals surface area contributed by atoms with E-state index in [1.165, 1.54) is 0 Å². The number of ketones is 1. The van der Waals surface area contributed by atoms with Gasteiger partial charge in [0.1, 0.15) is 6.16 Å². The van der Waals surface area contributed by atoms with E-state index in [0.29, 0.717) is 0 Å². The maximum absolute atomic E-state index is 13.4. The molecule has 162 valence electrons. The average Bonchev–Trinajstić information content (AvgIpc) is 2.79. The predicted molar refractivity (Wildman–Crippen MR) is 132 cm³/mol. The van der Waals surface area contributed by atoms with Gasteiger partial charge in [-0.05, 0) is 42.4 Å². The summed E-state index contributed by atoms with van der Waals surface area (Å²) in [4.78, 5) is 13.4. The molecule has 3 rings (SSSR count). The molecule has 0 saturated carbocycles. The molecule has 0 aliphatic rings. The van der Waals surface area contributed by atoms with Crippen molar-refractivity contribution in [3.8, 4) is 0 Å². The zero-order valence-electron chi connectivity index (χ0n) is 17.9. The molecule has 0 bridgehead atoms. The Bertz CT molecular complexity index is 967. The van der Waals surface area contributed by atoms with Gasteiger partial charge in [0.15, 0.2) is 5.78 Å². The van der Waals surface area contributed by atoms with Crippen LogP contribution < -0.4 is 15.9 Å². The summed E-state index contributed by atoms with van der Waals surface area (Å²) in [5.41, 5.74) is 0. The van der Waals surface area contributed by atoms with Gasteiger partial charge in [0.2, 0.25) is 0 Å². The molecule has 3 aromatic carbocycles. The van der Waals surface area contributed by atoms with Crippen LogP contribution in [0.5, 0.6) is 0 Å². The molecule has 3 aromatic rings. The van der Waals surface area contributed by atoms with Gasteiger partial charge in [0.05, 0.1) is 13.2 Å². The van der Waals surface area contributed by atoms with Gasteiger partial charge < -0.3 is 9.05 Å². The van der Waals surface area contributed by atoms with Crippen molar-refractivity contribution in [2.75, 3.05) is 19.4 Å². The summed E-state index contributed by atoms with van der Waals surface area (Å²) < 4.78 is 23.8. The minimum absolute atomic E-state index is 0.223. The van der Waals surface area contributed by atoms with Crippen LogP contribution in [0.25, 0.3) is 0 Å². The second-order valence-corrected chi connectivity index (χ2v) is 12.2. The number of rotatable bonds is 10. The number of Topliss-reactive ketones (excluding diaryl/α,β-unsaturated/α-hetero) is 1. The molecule has 0 radical (unpaired) electrons. The largest absolute Gasteiger partial charge is 0.338 e. The van der Waals surface area contributed by atoms with Gasteiger partial charge in [-0.15, -0.1) is 0 Å². The number of carbonyl (C=O) groups is 1. The molecule has 0 heterocycles. The first kappa shape index (κ1) is 23.4. The highest BCUT2D eigenvalue weighted by molar-refractivity contribution is 7.95. The van der Waals surface area contributed by atoms with Crippen LogP contribution in [0.1, 0.15) is 13.8 Å². The van der Waals surface area contributed by atoms with Gasteiger partial charge in [0, 0.05) is 0 Å². The van der Waals surface area contributed by atoms with Crippen LogP contribution in [0, 0.1) is 0 Å². The second-order valence-electron chi connectivity index (χ2n) is 6.93. The van der Waals surface area contributed by atoms with E-state index in [0.717, 1.165) is 15.9 Å². The summed E-state index contributed by atoms with van der Waals surface area (Å²) in [6.45, 7) is 1.50. The van der Waals surface area contributed by atoms with E-state index in [1.807, 2.05) is 54.6 Å². The van der Waals surface area contributed by atoms with Crippen molar-refractivity contribution in [3.63, 3.8) is 0 Å². The highest BCUT2D eigenvalue weighted by Crippen LogP contribution is 2.49. The van der Waals surface area contributed by atoms with Crippen molar-refractivity contribution >= 4 is 42.0 Å². The molecular weight excluding hydrogens is 426 g/mol. The summed E-state index contributed by atoms with van der Waals surface area (Å²) in [5, 5.41) is 3.18. The van der Waals surface area contributed by atoms with Crippen LogP contribution >= 0.6 is 14.5 Å². The van der Waals surface area contributed by atoms with E-state index in [2.05, 4.69) is 36.4 Å². The number of carbonyl (C=O) groups excluding carboxylic acids is 1. The fourth-order valence-corrected chi connectivity index (χ4v) is 9.08. The molecule has 0 aliphatic heterocycles. The summed E-state index contributed by atoms with van der Waals surface area (Å²) in [5.74, 6) is 1.53. The third kappa shape index (κ3) is 5.53. The molecule has 0 saturated heterocycles. The molecule has 0 aromatic heterocycles. The van der Waals surface area contributed by atoms with E-state index in [1.54, 1.807) is 19.6 Å². The first-order chi connectivity index (χ1) is 15.0. The Labute approximate surface area is 184 Å². The summed E-state index contributed by atoms with van der Waals surface area (Å²) in [7, 11) is -3.50. The fraction of sp³-hybridized carbons (Fsp3) is 0.200. The third-order valence-corrected chi connectivity index (χ3v) is 10.8. The lowest BCUT2D eigenvalue weighted by atomic mass is 10.4. The Balaban J connectivity index is 2.25. The van der Waals surface area contributed by atoms with Crippen molar-refractivity contribution in [3.05, 3.63) is 91.0 Å². The molecule has 0 aliphatic carbocycles. The lowest BCUT2D eigenvalue weighted by molar-refractivity contribution is -0.110. The van der Waals surface area contributed by atoms with E-state index < -0.39 is 14.5 Å². The Morgan fingerprint density at radius 2 is 1.06 bits per heavy atom. The third-order valence-electron chi connectivity index (χ3n) is 4.83. The molecule has 31 heavy (non-hydrogen) atoms. The Hall–Kier alpha value is -2.22. The summed E-state index contributed by atoms with van der Waals surface area (Å²) in [6, 6.07) is 30.2. The van der Waals surface area contributed by atoms with Gasteiger partial charge in [0.25, 0.3) is 0 Å². The van der Waals surface area contributed by atoms with Crippen LogP contribution in [0.3, 0.4) is 0 Å². The number of hydrogen-bond donors (Lipinski definition) is 0. The quantitative estimate of drug-likeness (QED) is 0.420. The van der Waals surface area contributed by atoms with E-state index in [9.17, 15) is 9.36 Å². The van der Waals surface area contributed by atoms with Gasteiger partial charge in [-0.25, -0.2) is 0 Å². The fourth-order valence-electron chi connectivity index (χ4n) is 3.63. The molecule has 0 fully saturated rings. The molecule has 0 N–H and O–H groups in total. The predicted octanol–water partition coefficient (Wildman–Crippen LogP) is 4.62. The first-order valence-electron chi connectivity index (χ1n) is 10.4. The average molecular weight is 454 g/mol. The van der Waals surface area contributed by atoms with Crippen LogP contribution in [-0.4, -0.2) is 31.0 Å². The second kappa shape index (κ2) is 10.9. The molecule has 0 spiro atoms. The Kier molecular flexibility index (Phi) is 8.23. The van der Waals surface area contributed by atoms with Crippen molar-refractivity contribution in [1.82, 2.24) is 0 Å². The first-order valence-corrected chi connectivity index (χ1v) is 13.9. The normalized spacial score (nSPS) is 11.8. The topological polar surface area (TPSA) is 52.6 Å². The van der Waals surface area contributed by atoms with Gasteiger partial charge in [-0.3, -0.25) is 9.36 Å². The van der Waals surface area contributed by atoms with Crippen LogP contribution in [-0.2, 0) is 18.4 Å². The van der Waals surface area contributed by atoms with Gasteiger partial charge in [-0.2, -0.15) is 0 Å².